The maximum atomic E-state index is 6.36. The highest BCUT2D eigenvalue weighted by Crippen LogP contribution is 2.33. The van der Waals surface area contributed by atoms with Gasteiger partial charge in [-0.1, -0.05) is 0 Å². The Hall–Kier alpha value is -1.01. The molecule has 0 bridgehead atoms. The van der Waals surface area contributed by atoms with E-state index in [2.05, 4.69) is 9.88 Å². The summed E-state index contributed by atoms with van der Waals surface area (Å²) in [4.78, 5) is 6.73. The molecule has 0 aliphatic carbocycles. The molecule has 3 aliphatic rings. The zero-order valence-corrected chi connectivity index (χ0v) is 15.0. The Morgan fingerprint density at radius 3 is 2.76 bits per heavy atom. The number of ether oxygens (including phenoxy) is 3. The van der Waals surface area contributed by atoms with Crippen molar-refractivity contribution in [1.29, 1.82) is 0 Å². The van der Waals surface area contributed by atoms with Gasteiger partial charge in [0.15, 0.2) is 0 Å². The first kappa shape index (κ1) is 17.4. The lowest BCUT2D eigenvalue weighted by Crippen LogP contribution is -2.45. The summed E-state index contributed by atoms with van der Waals surface area (Å²) in [6.07, 6.45) is 10.3. The van der Waals surface area contributed by atoms with Gasteiger partial charge in [-0.15, -0.1) is 0 Å². The maximum Gasteiger partial charge on any atom is 0.0813 e. The Labute approximate surface area is 150 Å². The molecule has 1 aromatic heterocycles. The van der Waals surface area contributed by atoms with E-state index >= 15 is 0 Å². The van der Waals surface area contributed by atoms with Crippen LogP contribution in [-0.2, 0) is 20.8 Å². The van der Waals surface area contributed by atoms with E-state index in [0.29, 0.717) is 25.4 Å². The van der Waals surface area contributed by atoms with Crippen LogP contribution in [0.15, 0.2) is 24.5 Å². The van der Waals surface area contributed by atoms with Crippen LogP contribution in [0, 0.1) is 5.92 Å². The van der Waals surface area contributed by atoms with Gasteiger partial charge >= 0.3 is 0 Å². The molecule has 5 heteroatoms. The summed E-state index contributed by atoms with van der Waals surface area (Å²) in [5.74, 6) is 0.814. The number of likely N-dealkylation sites (tertiary alicyclic amines) is 1. The first-order valence-corrected chi connectivity index (χ1v) is 9.82. The van der Waals surface area contributed by atoms with Crippen LogP contribution in [0.25, 0.3) is 0 Å². The Balaban J connectivity index is 1.20. The second-order valence-electron chi connectivity index (χ2n) is 7.65. The molecule has 4 heterocycles. The molecule has 0 radical (unpaired) electrons. The summed E-state index contributed by atoms with van der Waals surface area (Å²) < 4.78 is 17.7. The lowest BCUT2D eigenvalue weighted by Gasteiger charge is -2.37. The van der Waals surface area contributed by atoms with Crippen LogP contribution in [0.3, 0.4) is 0 Å². The van der Waals surface area contributed by atoms with Crippen LogP contribution in [0.5, 0.6) is 0 Å². The molecule has 5 nitrogen and oxygen atoms in total. The number of pyridine rings is 1. The van der Waals surface area contributed by atoms with Crippen LogP contribution in [0.4, 0.5) is 0 Å². The average molecular weight is 346 g/mol. The monoisotopic (exact) mass is 346 g/mol. The number of fused-ring (bicyclic) bond motifs is 1. The number of rotatable bonds is 6. The van der Waals surface area contributed by atoms with E-state index in [4.69, 9.17) is 14.2 Å². The number of nitrogens with zero attached hydrogens (tertiary/aromatic N) is 2. The minimum atomic E-state index is 0.256. The zero-order valence-electron chi connectivity index (χ0n) is 15.0. The van der Waals surface area contributed by atoms with E-state index in [0.717, 1.165) is 25.6 Å². The fraction of sp³-hybridized carbons (Fsp3) is 0.750. The minimum absolute atomic E-state index is 0.256. The summed E-state index contributed by atoms with van der Waals surface area (Å²) >= 11 is 0. The van der Waals surface area contributed by atoms with Gasteiger partial charge in [0.2, 0.25) is 0 Å². The summed E-state index contributed by atoms with van der Waals surface area (Å²) in [5.41, 5.74) is 1.17. The van der Waals surface area contributed by atoms with E-state index < -0.39 is 0 Å². The third-order valence-corrected chi connectivity index (χ3v) is 5.91. The van der Waals surface area contributed by atoms with E-state index in [1.54, 1.807) is 0 Å². The van der Waals surface area contributed by atoms with Gasteiger partial charge in [-0.05, 0) is 55.7 Å². The van der Waals surface area contributed by atoms with E-state index in [-0.39, 0.29) is 6.10 Å². The summed E-state index contributed by atoms with van der Waals surface area (Å²) in [6, 6.07) is 4.63. The van der Waals surface area contributed by atoms with Crippen LogP contribution in [-0.4, -0.2) is 61.0 Å². The molecular weight excluding hydrogens is 316 g/mol. The van der Waals surface area contributed by atoms with Crippen LogP contribution in [0.2, 0.25) is 0 Å². The van der Waals surface area contributed by atoms with Crippen molar-refractivity contribution in [1.82, 2.24) is 9.88 Å². The van der Waals surface area contributed by atoms with Gasteiger partial charge in [0.1, 0.15) is 0 Å². The van der Waals surface area contributed by atoms with E-state index in [1.165, 1.54) is 44.3 Å². The van der Waals surface area contributed by atoms with Crippen LogP contribution < -0.4 is 0 Å². The van der Waals surface area contributed by atoms with Crippen molar-refractivity contribution >= 4 is 0 Å². The predicted octanol–water partition coefficient (Wildman–Crippen LogP) is 2.65. The molecule has 0 spiro atoms. The zero-order chi connectivity index (χ0) is 16.9. The molecule has 3 atom stereocenters. The third-order valence-electron chi connectivity index (χ3n) is 5.91. The fourth-order valence-corrected chi connectivity index (χ4v) is 4.48. The van der Waals surface area contributed by atoms with Crippen molar-refractivity contribution in [3.8, 4) is 0 Å². The Morgan fingerprint density at radius 1 is 1.08 bits per heavy atom. The summed E-state index contributed by atoms with van der Waals surface area (Å²) in [5, 5.41) is 0. The molecule has 1 aromatic rings. The van der Waals surface area contributed by atoms with Gasteiger partial charge in [-0.25, -0.2) is 0 Å². The molecule has 0 N–H and O–H groups in total. The third kappa shape index (κ3) is 4.59. The summed E-state index contributed by atoms with van der Waals surface area (Å²) in [6.45, 7) is 5.66. The predicted molar refractivity (Wildman–Crippen MR) is 95.3 cm³/mol. The molecule has 3 saturated heterocycles. The first-order valence-electron chi connectivity index (χ1n) is 9.82. The van der Waals surface area contributed by atoms with Crippen molar-refractivity contribution in [2.24, 2.45) is 5.92 Å². The molecule has 3 fully saturated rings. The molecule has 0 unspecified atom stereocenters. The highest BCUT2D eigenvalue weighted by molar-refractivity contribution is 5.07. The molecular formula is C20H30N2O3. The molecule has 0 aromatic carbocycles. The molecule has 4 rings (SSSR count). The second kappa shape index (κ2) is 8.58. The normalized spacial score (nSPS) is 31.1. The highest BCUT2D eigenvalue weighted by Gasteiger charge is 2.40. The van der Waals surface area contributed by atoms with E-state index in [9.17, 15) is 0 Å². The van der Waals surface area contributed by atoms with Crippen molar-refractivity contribution < 1.29 is 14.2 Å². The van der Waals surface area contributed by atoms with Crippen molar-refractivity contribution in [3.63, 3.8) is 0 Å². The Morgan fingerprint density at radius 2 is 1.92 bits per heavy atom. The lowest BCUT2D eigenvalue weighted by atomic mass is 9.96. The van der Waals surface area contributed by atoms with Crippen LogP contribution in [0.1, 0.15) is 37.7 Å². The van der Waals surface area contributed by atoms with Crippen LogP contribution >= 0.6 is 0 Å². The highest BCUT2D eigenvalue weighted by atomic mass is 16.5. The Kier molecular flexibility index (Phi) is 5.98. The molecule has 138 valence electrons. The first-order chi connectivity index (χ1) is 12.4. The lowest BCUT2D eigenvalue weighted by molar-refractivity contribution is -0.103. The standard InChI is InChI=1S/C20H30N2O3/c1-2-19-20(5-10-22(19)13-16-6-11-23-12-7-16)25-18(1)15-24-14-17-3-8-21-9-4-17/h3-4,8-9,16,18-20H,1-2,5-7,10-15H2/t18-,19-,20-/m0/s1. The van der Waals surface area contributed by atoms with Gasteiger partial charge in [0.05, 0.1) is 25.4 Å². The van der Waals surface area contributed by atoms with Gasteiger partial charge in [-0.2, -0.15) is 0 Å². The van der Waals surface area contributed by atoms with E-state index in [1.807, 2.05) is 24.5 Å². The fourth-order valence-electron chi connectivity index (χ4n) is 4.48. The molecule has 0 saturated carbocycles. The molecule has 3 aliphatic heterocycles. The average Bonchev–Trinajstić information content (AvgIpc) is 3.06. The van der Waals surface area contributed by atoms with Gasteiger partial charge < -0.3 is 14.2 Å². The largest absolute Gasteiger partial charge is 0.381 e. The number of hydrogen-bond acceptors (Lipinski definition) is 5. The quantitative estimate of drug-likeness (QED) is 0.792. The second-order valence-corrected chi connectivity index (χ2v) is 7.65. The topological polar surface area (TPSA) is 43.8 Å². The minimum Gasteiger partial charge on any atom is -0.381 e. The molecule has 25 heavy (non-hydrogen) atoms. The number of aromatic nitrogens is 1. The smallest absolute Gasteiger partial charge is 0.0813 e. The maximum absolute atomic E-state index is 6.36. The van der Waals surface area contributed by atoms with Crippen molar-refractivity contribution in [2.45, 2.75) is 57.0 Å². The van der Waals surface area contributed by atoms with Crippen molar-refractivity contribution in [3.05, 3.63) is 30.1 Å². The van der Waals surface area contributed by atoms with Gasteiger partial charge in [-0.3, -0.25) is 9.88 Å². The van der Waals surface area contributed by atoms with Gasteiger partial charge in [0.25, 0.3) is 0 Å². The summed E-state index contributed by atoms with van der Waals surface area (Å²) in [7, 11) is 0. The number of hydrogen-bond donors (Lipinski definition) is 0. The SMILES string of the molecule is c1cc(COC[C@@H]2CC[C@H]3[C@H](CCN3CC3CCOCC3)O2)ccn1. The molecule has 0 amide bonds. The Bertz CT molecular complexity index is 521. The van der Waals surface area contributed by atoms with Crippen molar-refractivity contribution in [2.75, 3.05) is 32.9 Å². The van der Waals surface area contributed by atoms with Gasteiger partial charge in [0, 0.05) is 44.7 Å².